The number of amides is 1. The van der Waals surface area contributed by atoms with Gasteiger partial charge in [0.15, 0.2) is 0 Å². The zero-order chi connectivity index (χ0) is 22.9. The zero-order valence-corrected chi connectivity index (χ0v) is 18.8. The number of benzene rings is 2. The maximum Gasteiger partial charge on any atom is 0.401 e. The molecule has 0 aliphatic carbocycles. The first-order valence-electron chi connectivity index (χ1n) is 10.1. The van der Waals surface area contributed by atoms with Gasteiger partial charge in [-0.05, 0) is 42.8 Å². The van der Waals surface area contributed by atoms with Gasteiger partial charge in [-0.2, -0.15) is 13.2 Å². The van der Waals surface area contributed by atoms with E-state index in [4.69, 9.17) is 16.3 Å². The van der Waals surface area contributed by atoms with Crippen LogP contribution in [0, 0.1) is 0 Å². The fourth-order valence-corrected chi connectivity index (χ4v) is 4.75. The van der Waals surface area contributed by atoms with Crippen LogP contribution >= 0.6 is 22.9 Å². The normalized spacial score (nSPS) is 16.3. The zero-order valence-electron chi connectivity index (χ0n) is 17.2. The summed E-state index contributed by atoms with van der Waals surface area (Å²) in [5, 5.41) is 1.13. The number of halogens is 4. The Morgan fingerprint density at radius 2 is 1.84 bits per heavy atom. The van der Waals surface area contributed by atoms with Crippen LogP contribution < -0.4 is 4.74 Å². The predicted molar refractivity (Wildman–Crippen MR) is 119 cm³/mol. The molecule has 0 radical (unpaired) electrons. The van der Waals surface area contributed by atoms with Gasteiger partial charge in [0.05, 0.1) is 22.7 Å². The lowest BCUT2D eigenvalue weighted by Crippen LogP contribution is -2.51. The molecule has 1 saturated heterocycles. The smallest absolute Gasteiger partial charge is 0.401 e. The Morgan fingerprint density at radius 3 is 2.50 bits per heavy atom. The van der Waals surface area contributed by atoms with Gasteiger partial charge in [0.2, 0.25) is 5.91 Å². The van der Waals surface area contributed by atoms with Gasteiger partial charge in [0.1, 0.15) is 5.75 Å². The third-order valence-corrected chi connectivity index (χ3v) is 6.50. The van der Waals surface area contributed by atoms with Crippen molar-refractivity contribution in [2.45, 2.75) is 19.0 Å². The van der Waals surface area contributed by atoms with Gasteiger partial charge in [0.25, 0.3) is 5.19 Å². The first-order chi connectivity index (χ1) is 15.2. The second-order valence-electron chi connectivity index (χ2n) is 7.70. The molecular weight excluding hydrogens is 463 g/mol. The number of carbonyl (C=O) groups excluding carboxylic acids is 1. The van der Waals surface area contributed by atoms with Crippen molar-refractivity contribution in [2.24, 2.45) is 0 Å². The Balaban J connectivity index is 1.35. The molecule has 0 bridgehead atoms. The number of hydrogen-bond acceptors (Lipinski definition) is 5. The van der Waals surface area contributed by atoms with Gasteiger partial charge in [-0.15, -0.1) is 0 Å². The molecule has 1 aliphatic heterocycles. The molecule has 3 aromatic rings. The van der Waals surface area contributed by atoms with E-state index in [0.29, 0.717) is 29.1 Å². The van der Waals surface area contributed by atoms with Crippen LogP contribution in [0.15, 0.2) is 42.5 Å². The quantitative estimate of drug-likeness (QED) is 0.477. The molecule has 0 spiro atoms. The Bertz CT molecular complexity index is 1100. The molecule has 1 aliphatic rings. The first kappa shape index (κ1) is 22.8. The van der Waals surface area contributed by atoms with Crippen LogP contribution in [0.4, 0.5) is 13.2 Å². The minimum atomic E-state index is -4.22. The second kappa shape index (κ2) is 9.25. The molecule has 2 heterocycles. The number of thiazole rings is 1. The monoisotopic (exact) mass is 483 g/mol. The number of alkyl halides is 3. The first-order valence-corrected chi connectivity index (χ1v) is 11.3. The molecule has 1 unspecified atom stereocenters. The van der Waals surface area contributed by atoms with Crippen molar-refractivity contribution in [3.63, 3.8) is 0 Å². The SMILES string of the molecule is CC(C(=O)N1CCN(CC(F)(F)F)CC1)c1ccc(Oc2nc3ccc(Cl)cc3s2)cc1. The molecule has 10 heteroatoms. The molecule has 1 atom stereocenters. The number of rotatable bonds is 5. The molecule has 1 fully saturated rings. The molecular formula is C22H21ClF3N3O2S. The lowest BCUT2D eigenvalue weighted by atomic mass is 9.99. The molecule has 0 saturated carbocycles. The highest BCUT2D eigenvalue weighted by molar-refractivity contribution is 7.20. The fraction of sp³-hybridized carbons (Fsp3) is 0.364. The van der Waals surface area contributed by atoms with E-state index in [9.17, 15) is 18.0 Å². The molecule has 32 heavy (non-hydrogen) atoms. The molecule has 2 aromatic carbocycles. The molecule has 1 amide bonds. The van der Waals surface area contributed by atoms with Gasteiger partial charge in [-0.3, -0.25) is 9.69 Å². The maximum atomic E-state index is 12.8. The molecule has 4 rings (SSSR count). The summed E-state index contributed by atoms with van der Waals surface area (Å²) in [4.78, 5) is 20.2. The van der Waals surface area contributed by atoms with Gasteiger partial charge in [-0.25, -0.2) is 4.98 Å². The van der Waals surface area contributed by atoms with E-state index < -0.39 is 18.6 Å². The lowest BCUT2D eigenvalue weighted by Gasteiger charge is -2.36. The van der Waals surface area contributed by atoms with Crippen LogP contribution in [0.3, 0.4) is 0 Å². The summed E-state index contributed by atoms with van der Waals surface area (Å²) in [5.41, 5.74) is 1.62. The predicted octanol–water partition coefficient (Wildman–Crippen LogP) is 5.55. The Morgan fingerprint density at radius 1 is 1.16 bits per heavy atom. The minimum Gasteiger partial charge on any atom is -0.431 e. The van der Waals surface area contributed by atoms with E-state index in [1.807, 2.05) is 24.3 Å². The summed E-state index contributed by atoms with van der Waals surface area (Å²) in [6.07, 6.45) is -4.22. The van der Waals surface area contributed by atoms with Crippen LogP contribution in [-0.4, -0.2) is 59.6 Å². The molecule has 0 N–H and O–H groups in total. The Kier molecular flexibility index (Phi) is 6.60. The average Bonchev–Trinajstić information content (AvgIpc) is 3.14. The van der Waals surface area contributed by atoms with Crippen molar-refractivity contribution in [1.29, 1.82) is 0 Å². The third-order valence-electron chi connectivity index (χ3n) is 5.37. The van der Waals surface area contributed by atoms with Gasteiger partial charge < -0.3 is 9.64 Å². The highest BCUT2D eigenvalue weighted by Crippen LogP contribution is 2.33. The molecule has 170 valence electrons. The summed E-state index contributed by atoms with van der Waals surface area (Å²) in [6.45, 7) is 1.89. The highest BCUT2D eigenvalue weighted by atomic mass is 35.5. The largest absolute Gasteiger partial charge is 0.431 e. The topological polar surface area (TPSA) is 45.7 Å². The van der Waals surface area contributed by atoms with E-state index in [1.165, 1.54) is 16.2 Å². The minimum absolute atomic E-state index is 0.0895. The third kappa shape index (κ3) is 5.51. The maximum absolute atomic E-state index is 12.8. The number of hydrogen-bond donors (Lipinski definition) is 0. The van der Waals surface area contributed by atoms with E-state index >= 15 is 0 Å². The number of fused-ring (bicyclic) bond motifs is 1. The number of piperazine rings is 1. The lowest BCUT2D eigenvalue weighted by molar-refractivity contribution is -0.152. The van der Waals surface area contributed by atoms with Crippen LogP contribution in [0.5, 0.6) is 10.9 Å². The molecule has 1 aromatic heterocycles. The standard InChI is InChI=1S/C22H21ClF3N3O2S/c1-14(20(30)29-10-8-28(9-11-29)13-22(24,25)26)15-2-5-17(6-3-15)31-21-27-18-7-4-16(23)12-19(18)32-21/h2-7,12,14H,8-11,13H2,1H3. The van der Waals surface area contributed by atoms with Gasteiger partial charge in [0, 0.05) is 31.2 Å². The summed E-state index contributed by atoms with van der Waals surface area (Å²) >= 11 is 7.40. The van der Waals surface area contributed by atoms with Crippen molar-refractivity contribution in [3.05, 3.63) is 53.1 Å². The van der Waals surface area contributed by atoms with Crippen molar-refractivity contribution in [1.82, 2.24) is 14.8 Å². The summed E-state index contributed by atoms with van der Waals surface area (Å²) < 4.78 is 44.4. The summed E-state index contributed by atoms with van der Waals surface area (Å²) in [7, 11) is 0. The van der Waals surface area contributed by atoms with Crippen LogP contribution in [-0.2, 0) is 4.79 Å². The van der Waals surface area contributed by atoms with Crippen molar-refractivity contribution in [2.75, 3.05) is 32.7 Å². The Hall–Kier alpha value is -2.36. The van der Waals surface area contributed by atoms with Crippen LogP contribution in [0.25, 0.3) is 10.2 Å². The van der Waals surface area contributed by atoms with Gasteiger partial charge >= 0.3 is 6.18 Å². The van der Waals surface area contributed by atoms with E-state index in [2.05, 4.69) is 4.98 Å². The molecule has 5 nitrogen and oxygen atoms in total. The van der Waals surface area contributed by atoms with E-state index in [0.717, 1.165) is 15.8 Å². The van der Waals surface area contributed by atoms with E-state index in [-0.39, 0.29) is 19.0 Å². The van der Waals surface area contributed by atoms with Crippen molar-refractivity contribution in [3.8, 4) is 10.9 Å². The number of nitrogens with zero attached hydrogens (tertiary/aromatic N) is 3. The van der Waals surface area contributed by atoms with Crippen LogP contribution in [0.2, 0.25) is 5.02 Å². The van der Waals surface area contributed by atoms with E-state index in [1.54, 1.807) is 30.0 Å². The van der Waals surface area contributed by atoms with Crippen molar-refractivity contribution < 1.29 is 22.7 Å². The average molecular weight is 484 g/mol. The van der Waals surface area contributed by atoms with Crippen LogP contribution in [0.1, 0.15) is 18.4 Å². The number of aromatic nitrogens is 1. The van der Waals surface area contributed by atoms with Gasteiger partial charge in [-0.1, -0.05) is 35.1 Å². The summed E-state index contributed by atoms with van der Waals surface area (Å²) in [6, 6.07) is 12.6. The Labute approximate surface area is 192 Å². The second-order valence-corrected chi connectivity index (χ2v) is 9.13. The highest BCUT2D eigenvalue weighted by Gasteiger charge is 2.33. The summed E-state index contributed by atoms with van der Waals surface area (Å²) in [5.74, 6) is 0.107. The van der Waals surface area contributed by atoms with Crippen molar-refractivity contribution >= 4 is 39.1 Å². The number of ether oxygens (including phenoxy) is 1. The number of carbonyl (C=O) groups is 1. The fourth-order valence-electron chi connectivity index (χ4n) is 3.64.